The molecule has 1 saturated heterocycles. The van der Waals surface area contributed by atoms with E-state index >= 15 is 0 Å². The number of carbonyl (C=O) groups is 2. The van der Waals surface area contributed by atoms with Crippen LogP contribution < -0.4 is 0 Å². The maximum atomic E-state index is 12.7. The van der Waals surface area contributed by atoms with Gasteiger partial charge in [0.1, 0.15) is 11.5 Å². The van der Waals surface area contributed by atoms with Crippen molar-refractivity contribution in [1.29, 1.82) is 0 Å². The molecule has 0 radical (unpaired) electrons. The van der Waals surface area contributed by atoms with Gasteiger partial charge in [-0.1, -0.05) is 42.0 Å². The first-order chi connectivity index (χ1) is 12.9. The highest BCUT2D eigenvalue weighted by atomic mass is 16.5. The van der Waals surface area contributed by atoms with Crippen molar-refractivity contribution >= 4 is 17.4 Å². The predicted octanol–water partition coefficient (Wildman–Crippen LogP) is 2.77. The average Bonchev–Trinajstić information content (AvgIpc) is 2.91. The van der Waals surface area contributed by atoms with E-state index in [-0.39, 0.29) is 30.2 Å². The maximum absolute atomic E-state index is 12.7. The Morgan fingerprint density at radius 2 is 1.70 bits per heavy atom. The molecule has 1 unspecified atom stereocenters. The van der Waals surface area contributed by atoms with E-state index in [2.05, 4.69) is 0 Å². The van der Waals surface area contributed by atoms with Gasteiger partial charge in [-0.25, -0.2) is 0 Å². The molecule has 2 aromatic carbocycles. The fourth-order valence-corrected chi connectivity index (χ4v) is 3.17. The lowest BCUT2D eigenvalue weighted by Crippen LogP contribution is -2.32. The number of hydrogen-bond acceptors (Lipinski definition) is 5. The lowest BCUT2D eigenvalue weighted by Gasteiger charge is -2.25. The van der Waals surface area contributed by atoms with Crippen molar-refractivity contribution < 1.29 is 24.5 Å². The second-order valence-electron chi connectivity index (χ2n) is 6.44. The summed E-state index contributed by atoms with van der Waals surface area (Å²) in [6, 6.07) is 12.6. The zero-order chi connectivity index (χ0) is 19.6. The lowest BCUT2D eigenvalue weighted by molar-refractivity contribution is -0.140. The Morgan fingerprint density at radius 3 is 2.30 bits per heavy atom. The molecule has 1 aliphatic heterocycles. The number of benzene rings is 2. The van der Waals surface area contributed by atoms with Crippen LogP contribution >= 0.6 is 0 Å². The molecule has 0 saturated carbocycles. The van der Waals surface area contributed by atoms with E-state index in [0.717, 1.165) is 5.56 Å². The van der Waals surface area contributed by atoms with Gasteiger partial charge in [0.15, 0.2) is 0 Å². The van der Waals surface area contributed by atoms with E-state index in [1.165, 1.54) is 24.1 Å². The number of nitrogens with zero attached hydrogens (tertiary/aromatic N) is 1. The van der Waals surface area contributed by atoms with Gasteiger partial charge in [-0.05, 0) is 24.6 Å². The highest BCUT2D eigenvalue weighted by molar-refractivity contribution is 6.46. The molecule has 140 valence electrons. The number of Topliss-reactive ketones (excluding diaryl/α,β-unsaturated/α-hetero) is 1. The van der Waals surface area contributed by atoms with Crippen LogP contribution in [0.3, 0.4) is 0 Å². The summed E-state index contributed by atoms with van der Waals surface area (Å²) in [7, 11) is 1.51. The maximum Gasteiger partial charge on any atom is 0.295 e. The van der Waals surface area contributed by atoms with Crippen LogP contribution in [0.15, 0.2) is 54.1 Å². The van der Waals surface area contributed by atoms with Crippen molar-refractivity contribution in [2.45, 2.75) is 13.0 Å². The van der Waals surface area contributed by atoms with E-state index in [4.69, 9.17) is 4.74 Å². The summed E-state index contributed by atoms with van der Waals surface area (Å²) in [5, 5.41) is 20.4. The monoisotopic (exact) mass is 367 g/mol. The van der Waals surface area contributed by atoms with Gasteiger partial charge in [0.05, 0.1) is 18.2 Å². The van der Waals surface area contributed by atoms with Gasteiger partial charge in [0, 0.05) is 19.2 Å². The molecule has 1 aliphatic rings. The van der Waals surface area contributed by atoms with Crippen LogP contribution in [0.25, 0.3) is 5.76 Å². The summed E-state index contributed by atoms with van der Waals surface area (Å²) in [6.07, 6.45) is 0. The number of ketones is 1. The smallest absolute Gasteiger partial charge is 0.295 e. The van der Waals surface area contributed by atoms with Crippen LogP contribution in [0, 0.1) is 6.92 Å². The number of aliphatic hydroxyl groups is 1. The number of carbonyl (C=O) groups excluding carboxylic acids is 2. The molecular formula is C21H21NO5. The first kappa shape index (κ1) is 18.7. The molecule has 1 fully saturated rings. The number of likely N-dealkylation sites (tertiary alicyclic amines) is 1. The van der Waals surface area contributed by atoms with Crippen molar-refractivity contribution in [2.75, 3.05) is 20.3 Å². The molecule has 0 bridgehead atoms. The highest BCUT2D eigenvalue weighted by Crippen LogP contribution is 2.39. The molecule has 27 heavy (non-hydrogen) atoms. The highest BCUT2D eigenvalue weighted by Gasteiger charge is 2.45. The van der Waals surface area contributed by atoms with E-state index in [1.807, 2.05) is 19.1 Å². The van der Waals surface area contributed by atoms with Gasteiger partial charge in [0.25, 0.3) is 11.7 Å². The summed E-state index contributed by atoms with van der Waals surface area (Å²) in [5.41, 5.74) is 2.14. The number of rotatable bonds is 5. The molecular weight excluding hydrogens is 346 g/mol. The second-order valence-corrected chi connectivity index (χ2v) is 6.44. The largest absolute Gasteiger partial charge is 0.508 e. The van der Waals surface area contributed by atoms with Crippen molar-refractivity contribution in [3.63, 3.8) is 0 Å². The fraction of sp³-hybridized carbons (Fsp3) is 0.238. The Bertz CT molecular complexity index is 884. The Balaban J connectivity index is 2.14. The molecule has 3 rings (SSSR count). The van der Waals surface area contributed by atoms with Crippen LogP contribution in [0.5, 0.6) is 5.75 Å². The summed E-state index contributed by atoms with van der Waals surface area (Å²) in [4.78, 5) is 26.7. The molecule has 1 heterocycles. The number of phenols is 1. The van der Waals surface area contributed by atoms with Crippen LogP contribution in [-0.2, 0) is 14.3 Å². The van der Waals surface area contributed by atoms with Gasteiger partial charge in [-0.2, -0.15) is 0 Å². The molecule has 0 spiro atoms. The number of hydrogen-bond donors (Lipinski definition) is 2. The number of methoxy groups -OCH3 is 1. The standard InChI is InChI=1S/C21H21NO5/c1-13-3-5-15(6-4-13)19(24)17-18(14-7-9-16(23)10-8-14)22(11-12-27-2)21(26)20(17)25/h3-10,18,23-24H,11-12H2,1-2H3/b19-17+. The minimum atomic E-state index is -0.748. The van der Waals surface area contributed by atoms with Crippen LogP contribution in [0.1, 0.15) is 22.7 Å². The van der Waals surface area contributed by atoms with Crippen molar-refractivity contribution in [3.05, 3.63) is 70.8 Å². The minimum absolute atomic E-state index is 0.0330. The summed E-state index contributed by atoms with van der Waals surface area (Å²) < 4.78 is 5.06. The molecule has 0 aliphatic carbocycles. The van der Waals surface area contributed by atoms with Gasteiger partial charge in [-0.3, -0.25) is 9.59 Å². The molecule has 6 nitrogen and oxygen atoms in total. The molecule has 6 heteroatoms. The number of aromatic hydroxyl groups is 1. The van der Waals surface area contributed by atoms with Gasteiger partial charge in [-0.15, -0.1) is 0 Å². The van der Waals surface area contributed by atoms with Crippen LogP contribution in [-0.4, -0.2) is 47.1 Å². The van der Waals surface area contributed by atoms with Gasteiger partial charge < -0.3 is 19.8 Å². The SMILES string of the molecule is COCCN1C(=O)C(=O)/C(=C(/O)c2ccc(C)cc2)C1c1ccc(O)cc1. The molecule has 0 aromatic heterocycles. The molecule has 1 atom stereocenters. The van der Waals surface area contributed by atoms with E-state index in [0.29, 0.717) is 11.1 Å². The quantitative estimate of drug-likeness (QED) is 0.482. The molecule has 2 N–H and O–H groups in total. The Kier molecular flexibility index (Phi) is 5.28. The van der Waals surface area contributed by atoms with E-state index < -0.39 is 17.7 Å². The van der Waals surface area contributed by atoms with E-state index in [9.17, 15) is 19.8 Å². The third-order valence-corrected chi connectivity index (χ3v) is 4.61. The normalized spacial score (nSPS) is 18.9. The predicted molar refractivity (Wildman–Crippen MR) is 100 cm³/mol. The first-order valence-electron chi connectivity index (χ1n) is 8.57. The van der Waals surface area contributed by atoms with Gasteiger partial charge >= 0.3 is 0 Å². The zero-order valence-corrected chi connectivity index (χ0v) is 15.2. The minimum Gasteiger partial charge on any atom is -0.508 e. The summed E-state index contributed by atoms with van der Waals surface area (Å²) >= 11 is 0. The third-order valence-electron chi connectivity index (χ3n) is 4.61. The Labute approximate surface area is 157 Å². The van der Waals surface area contributed by atoms with Crippen LogP contribution in [0.2, 0.25) is 0 Å². The Morgan fingerprint density at radius 1 is 1.07 bits per heavy atom. The molecule has 1 amide bonds. The zero-order valence-electron chi connectivity index (χ0n) is 15.2. The number of ether oxygens (including phenoxy) is 1. The average molecular weight is 367 g/mol. The summed E-state index contributed by atoms with van der Waals surface area (Å²) in [6.45, 7) is 2.38. The Hall–Kier alpha value is -3.12. The van der Waals surface area contributed by atoms with Crippen molar-refractivity contribution in [3.8, 4) is 5.75 Å². The third kappa shape index (κ3) is 3.57. The van der Waals surface area contributed by atoms with Crippen LogP contribution in [0.4, 0.5) is 0 Å². The molecule has 2 aromatic rings. The first-order valence-corrected chi connectivity index (χ1v) is 8.57. The number of phenolic OH excluding ortho intramolecular Hbond substituents is 1. The fourth-order valence-electron chi connectivity index (χ4n) is 3.17. The number of aryl methyl sites for hydroxylation is 1. The summed E-state index contributed by atoms with van der Waals surface area (Å²) in [5.74, 6) is -1.56. The van der Waals surface area contributed by atoms with Crippen molar-refractivity contribution in [1.82, 2.24) is 4.90 Å². The lowest BCUT2D eigenvalue weighted by atomic mass is 9.95. The number of amides is 1. The van der Waals surface area contributed by atoms with E-state index in [1.54, 1.807) is 24.3 Å². The number of aliphatic hydroxyl groups excluding tert-OH is 1. The van der Waals surface area contributed by atoms with Gasteiger partial charge in [0.2, 0.25) is 0 Å². The topological polar surface area (TPSA) is 87.1 Å². The second kappa shape index (κ2) is 7.63. The van der Waals surface area contributed by atoms with Crippen molar-refractivity contribution in [2.24, 2.45) is 0 Å².